The molecule has 0 aliphatic heterocycles. The van der Waals surface area contributed by atoms with Gasteiger partial charge in [-0.05, 0) is 34.7 Å². The van der Waals surface area contributed by atoms with E-state index in [0.29, 0.717) is 5.69 Å². The van der Waals surface area contributed by atoms with Gasteiger partial charge < -0.3 is 5.11 Å². The van der Waals surface area contributed by atoms with Crippen molar-refractivity contribution in [1.82, 2.24) is 0 Å². The average molecular weight is 433 g/mol. The van der Waals surface area contributed by atoms with E-state index in [-0.39, 0.29) is 4.43 Å². The molecule has 0 fully saturated rings. The number of hydrogen-bond acceptors (Lipinski definition) is 3. The largest absolute Gasteiger partial charge is 0.479 e. The Labute approximate surface area is 115 Å². The Morgan fingerprint density at radius 2 is 1.93 bits per heavy atom. The molecular weight excluding hydrogens is 424 g/mol. The molecule has 82 valence electrons. The summed E-state index contributed by atoms with van der Waals surface area (Å²) in [6.07, 6.45) is 0. The smallest absolute Gasteiger partial charge is 0.343 e. The number of carboxylic acid groups (broad SMARTS) is 1. The molecule has 1 aromatic carbocycles. The van der Waals surface area contributed by atoms with Crippen LogP contribution in [0.15, 0.2) is 30.3 Å². The summed E-state index contributed by atoms with van der Waals surface area (Å²) in [5, 5.41) is 19.7. The van der Waals surface area contributed by atoms with E-state index in [1.54, 1.807) is 52.9 Å². The molecule has 0 saturated carbocycles. The standard InChI is InChI=1S/C9H9I2NO3/c10-6-9(11,8(13)14)12(15)7-4-2-1-3-5-7/h1-5,15H,6H2,(H,13,14)/t9-/m0/s1. The van der Waals surface area contributed by atoms with Crippen molar-refractivity contribution < 1.29 is 15.1 Å². The predicted octanol–water partition coefficient (Wildman–Crippen LogP) is 2.53. The van der Waals surface area contributed by atoms with Gasteiger partial charge in [0.1, 0.15) is 0 Å². The average Bonchev–Trinajstić information content (AvgIpc) is 2.28. The molecule has 2 N–H and O–H groups in total. The Bertz CT molecular complexity index is 346. The zero-order valence-electron chi connectivity index (χ0n) is 7.60. The van der Waals surface area contributed by atoms with Gasteiger partial charge in [0.2, 0.25) is 3.55 Å². The Kier molecular flexibility index (Phi) is 4.59. The van der Waals surface area contributed by atoms with Crippen molar-refractivity contribution in [1.29, 1.82) is 0 Å². The Morgan fingerprint density at radius 3 is 2.33 bits per heavy atom. The molecule has 0 amide bonds. The van der Waals surface area contributed by atoms with Crippen LogP contribution in [-0.4, -0.2) is 24.3 Å². The van der Waals surface area contributed by atoms with Crippen molar-refractivity contribution in [2.24, 2.45) is 0 Å². The van der Waals surface area contributed by atoms with Crippen LogP contribution < -0.4 is 5.06 Å². The van der Waals surface area contributed by atoms with Gasteiger partial charge in [0, 0.05) is 4.43 Å². The van der Waals surface area contributed by atoms with Crippen LogP contribution in [0.2, 0.25) is 0 Å². The number of halogens is 2. The van der Waals surface area contributed by atoms with Crippen molar-refractivity contribution in [3.8, 4) is 0 Å². The zero-order valence-corrected chi connectivity index (χ0v) is 11.9. The third-order valence-electron chi connectivity index (χ3n) is 1.84. The summed E-state index contributed by atoms with van der Waals surface area (Å²) in [5.41, 5.74) is 0.464. The first-order chi connectivity index (χ1) is 7.02. The molecule has 0 radical (unpaired) electrons. The van der Waals surface area contributed by atoms with Crippen LogP contribution in [0.5, 0.6) is 0 Å². The number of hydrogen-bond donors (Lipinski definition) is 2. The van der Waals surface area contributed by atoms with Crippen molar-refractivity contribution in [3.63, 3.8) is 0 Å². The van der Waals surface area contributed by atoms with E-state index in [4.69, 9.17) is 5.11 Å². The Balaban J connectivity index is 3.02. The van der Waals surface area contributed by atoms with E-state index < -0.39 is 9.51 Å². The minimum atomic E-state index is -1.33. The molecule has 6 heteroatoms. The quantitative estimate of drug-likeness (QED) is 0.332. The molecule has 0 heterocycles. The fourth-order valence-corrected chi connectivity index (χ4v) is 1.91. The first-order valence-electron chi connectivity index (χ1n) is 4.05. The normalized spacial score (nSPS) is 14.3. The van der Waals surface area contributed by atoms with E-state index in [2.05, 4.69) is 0 Å². The highest BCUT2D eigenvalue weighted by molar-refractivity contribution is 14.1. The molecule has 1 rings (SSSR count). The summed E-state index contributed by atoms with van der Waals surface area (Å²) in [6.45, 7) is 0. The highest BCUT2D eigenvalue weighted by atomic mass is 127. The van der Waals surface area contributed by atoms with E-state index in [9.17, 15) is 10.0 Å². The summed E-state index contributed by atoms with van der Waals surface area (Å²) in [6, 6.07) is 8.59. The van der Waals surface area contributed by atoms with Crippen LogP contribution in [0.1, 0.15) is 0 Å². The Hall–Kier alpha value is -0.0900. The Morgan fingerprint density at radius 1 is 1.40 bits per heavy atom. The maximum absolute atomic E-state index is 11.1. The molecule has 0 saturated heterocycles. The number of carboxylic acids is 1. The highest BCUT2D eigenvalue weighted by Gasteiger charge is 2.41. The minimum absolute atomic E-state index is 0.270. The third kappa shape index (κ3) is 2.72. The molecule has 0 spiro atoms. The molecule has 1 aromatic rings. The first kappa shape index (κ1) is 13.0. The number of carbonyl (C=O) groups is 1. The van der Waals surface area contributed by atoms with Gasteiger partial charge in [-0.2, -0.15) is 0 Å². The number of rotatable bonds is 4. The molecule has 1 atom stereocenters. The number of para-hydroxylation sites is 1. The van der Waals surface area contributed by atoms with E-state index >= 15 is 0 Å². The highest BCUT2D eigenvalue weighted by Crippen LogP contribution is 2.30. The van der Waals surface area contributed by atoms with E-state index in [0.717, 1.165) is 5.06 Å². The van der Waals surface area contributed by atoms with Crippen LogP contribution in [-0.2, 0) is 4.79 Å². The second kappa shape index (κ2) is 5.30. The topological polar surface area (TPSA) is 60.8 Å². The van der Waals surface area contributed by atoms with Gasteiger partial charge in [-0.3, -0.25) is 5.21 Å². The summed E-state index contributed by atoms with van der Waals surface area (Å²) in [7, 11) is 0. The lowest BCUT2D eigenvalue weighted by Crippen LogP contribution is -2.49. The molecule has 15 heavy (non-hydrogen) atoms. The van der Waals surface area contributed by atoms with Gasteiger partial charge in [-0.1, -0.05) is 40.8 Å². The number of nitrogens with zero attached hydrogens (tertiary/aromatic N) is 1. The van der Waals surface area contributed by atoms with Crippen LogP contribution in [0.3, 0.4) is 0 Å². The zero-order chi connectivity index (χ0) is 11.5. The number of hydroxylamine groups is 1. The van der Waals surface area contributed by atoms with Crippen LogP contribution >= 0.6 is 45.2 Å². The fraction of sp³-hybridized carbons (Fsp3) is 0.222. The molecule has 0 unspecified atom stereocenters. The fourth-order valence-electron chi connectivity index (χ4n) is 0.978. The second-order valence-corrected chi connectivity index (χ2v) is 5.39. The van der Waals surface area contributed by atoms with Gasteiger partial charge in [0.05, 0.1) is 5.69 Å². The summed E-state index contributed by atoms with van der Waals surface area (Å²) < 4.78 is -1.06. The maximum Gasteiger partial charge on any atom is 0.343 e. The molecule has 0 aromatic heterocycles. The van der Waals surface area contributed by atoms with Crippen molar-refractivity contribution >= 4 is 56.8 Å². The lowest BCUT2D eigenvalue weighted by Gasteiger charge is -2.30. The number of aliphatic carboxylic acids is 1. The molecule has 0 aliphatic carbocycles. The van der Waals surface area contributed by atoms with Crippen molar-refractivity contribution in [3.05, 3.63) is 30.3 Å². The monoisotopic (exact) mass is 433 g/mol. The first-order valence-corrected chi connectivity index (χ1v) is 6.65. The lowest BCUT2D eigenvalue weighted by molar-refractivity contribution is -0.140. The minimum Gasteiger partial charge on any atom is -0.479 e. The third-order valence-corrected chi connectivity index (χ3v) is 5.70. The number of alkyl halides is 2. The lowest BCUT2D eigenvalue weighted by atomic mass is 10.2. The van der Waals surface area contributed by atoms with Gasteiger partial charge >= 0.3 is 5.97 Å². The molecular formula is C9H9I2NO3. The van der Waals surface area contributed by atoms with E-state index in [1.165, 1.54) is 0 Å². The van der Waals surface area contributed by atoms with Crippen LogP contribution in [0, 0.1) is 0 Å². The van der Waals surface area contributed by atoms with Gasteiger partial charge in [-0.25, -0.2) is 9.86 Å². The summed E-state index contributed by atoms with van der Waals surface area (Å²) in [4.78, 5) is 11.1. The van der Waals surface area contributed by atoms with Gasteiger partial charge in [-0.15, -0.1) is 0 Å². The summed E-state index contributed by atoms with van der Waals surface area (Å²) in [5.74, 6) is -1.07. The van der Waals surface area contributed by atoms with Crippen molar-refractivity contribution in [2.45, 2.75) is 3.55 Å². The van der Waals surface area contributed by atoms with Crippen molar-refractivity contribution in [2.75, 3.05) is 9.49 Å². The number of anilines is 1. The molecule has 4 nitrogen and oxygen atoms in total. The molecule has 0 bridgehead atoms. The SMILES string of the molecule is O=C(O)[C@](I)(CI)N(O)c1ccccc1. The van der Waals surface area contributed by atoms with Crippen LogP contribution in [0.25, 0.3) is 0 Å². The van der Waals surface area contributed by atoms with Gasteiger partial charge in [0.15, 0.2) is 0 Å². The molecule has 0 aliphatic rings. The van der Waals surface area contributed by atoms with Crippen LogP contribution in [0.4, 0.5) is 5.69 Å². The predicted molar refractivity (Wildman–Crippen MR) is 74.0 cm³/mol. The number of benzene rings is 1. The van der Waals surface area contributed by atoms with Gasteiger partial charge in [0.25, 0.3) is 0 Å². The second-order valence-electron chi connectivity index (χ2n) is 2.85. The van der Waals surface area contributed by atoms with E-state index in [1.807, 2.05) is 22.6 Å². The maximum atomic E-state index is 11.1. The summed E-state index contributed by atoms with van der Waals surface area (Å²) >= 11 is 3.66.